The first kappa shape index (κ1) is 27.2. The van der Waals surface area contributed by atoms with Gasteiger partial charge in [-0.1, -0.05) is 13.0 Å². The molecule has 9 heteroatoms. The van der Waals surface area contributed by atoms with Gasteiger partial charge >= 0.3 is 0 Å². The van der Waals surface area contributed by atoms with Gasteiger partial charge in [0.15, 0.2) is 0 Å². The van der Waals surface area contributed by atoms with E-state index in [4.69, 9.17) is 4.74 Å². The number of fused-ring (bicyclic) bond motifs is 2. The third-order valence-corrected chi connectivity index (χ3v) is 8.11. The molecule has 0 aliphatic carbocycles. The van der Waals surface area contributed by atoms with E-state index in [2.05, 4.69) is 60.5 Å². The second kappa shape index (κ2) is 11.9. The molecular formula is C34H34FN7O. The number of aromatic nitrogens is 5. The van der Waals surface area contributed by atoms with Crippen LogP contribution >= 0.6 is 0 Å². The normalized spacial score (nSPS) is 13.8. The fourth-order valence-electron chi connectivity index (χ4n) is 5.92. The van der Waals surface area contributed by atoms with E-state index in [-0.39, 0.29) is 5.82 Å². The minimum absolute atomic E-state index is 0.329. The molecule has 0 spiro atoms. The van der Waals surface area contributed by atoms with Crippen LogP contribution < -0.4 is 10.1 Å². The summed E-state index contributed by atoms with van der Waals surface area (Å²) >= 11 is 0. The lowest BCUT2D eigenvalue weighted by atomic mass is 10.0. The summed E-state index contributed by atoms with van der Waals surface area (Å²) in [6, 6.07) is 17.3. The van der Waals surface area contributed by atoms with Gasteiger partial charge in [-0.05, 0) is 97.2 Å². The molecule has 0 radical (unpaired) electrons. The monoisotopic (exact) mass is 575 g/mol. The van der Waals surface area contributed by atoms with Crippen LogP contribution in [0.5, 0.6) is 5.75 Å². The molecule has 0 unspecified atom stereocenters. The van der Waals surface area contributed by atoms with Gasteiger partial charge in [-0.2, -0.15) is 5.10 Å². The molecule has 0 atom stereocenters. The predicted molar refractivity (Wildman–Crippen MR) is 168 cm³/mol. The molecule has 1 saturated heterocycles. The molecule has 3 N–H and O–H groups in total. The fraction of sp³-hybridized carbons (Fsp3) is 0.265. The summed E-state index contributed by atoms with van der Waals surface area (Å²) < 4.78 is 20.8. The van der Waals surface area contributed by atoms with Crippen molar-refractivity contribution in [3.05, 3.63) is 84.6 Å². The van der Waals surface area contributed by atoms with Gasteiger partial charge in [0.05, 0.1) is 11.2 Å². The molecule has 7 rings (SSSR count). The standard InChI is InChI=1S/C34H34FN7O/c1-2-36-19-22-13-25(21-37-20-22)23-5-6-31-30(16-23)33(41-40-31)32-18-29-28(7-8-38-34(29)39-32)24-14-26(35)17-27(15-24)43-12-11-42-9-3-4-10-42/h5-8,13-18,20-21,36H,2-4,9-12,19H2,1H3,(H,38,39)(H,40,41). The number of halogens is 1. The van der Waals surface area contributed by atoms with Gasteiger partial charge in [0.1, 0.15) is 29.5 Å². The number of nitrogens with zero attached hydrogens (tertiary/aromatic N) is 4. The Kier molecular flexibility index (Phi) is 7.57. The highest BCUT2D eigenvalue weighted by Gasteiger charge is 2.17. The first-order valence-corrected chi connectivity index (χ1v) is 14.9. The zero-order valence-electron chi connectivity index (χ0n) is 24.2. The van der Waals surface area contributed by atoms with Crippen molar-refractivity contribution in [1.82, 2.24) is 35.4 Å². The molecule has 1 aliphatic heterocycles. The SMILES string of the molecule is CCNCc1cncc(-c2ccc3[nH]nc(-c4cc5c(-c6cc(F)cc(OCCN7CCCC7)c6)ccnc5[nH]4)c3c2)c1. The molecule has 8 nitrogen and oxygen atoms in total. The van der Waals surface area contributed by atoms with Crippen molar-refractivity contribution in [2.24, 2.45) is 0 Å². The number of aromatic amines is 2. The number of nitrogens with one attached hydrogen (secondary N) is 3. The Hall–Kier alpha value is -4.60. The van der Waals surface area contributed by atoms with Crippen molar-refractivity contribution >= 4 is 21.9 Å². The van der Waals surface area contributed by atoms with Gasteiger partial charge < -0.3 is 15.0 Å². The lowest BCUT2D eigenvalue weighted by Crippen LogP contribution is -2.25. The Morgan fingerprint density at radius 3 is 2.74 bits per heavy atom. The van der Waals surface area contributed by atoms with Gasteiger partial charge in [0, 0.05) is 54.1 Å². The maximum Gasteiger partial charge on any atom is 0.138 e. The summed E-state index contributed by atoms with van der Waals surface area (Å²) in [6.45, 7) is 7.38. The molecular weight excluding hydrogens is 541 g/mol. The van der Waals surface area contributed by atoms with Crippen molar-refractivity contribution in [1.29, 1.82) is 0 Å². The van der Waals surface area contributed by atoms with Crippen LogP contribution in [0.2, 0.25) is 0 Å². The van der Waals surface area contributed by atoms with Gasteiger partial charge in [-0.3, -0.25) is 15.0 Å². The Bertz CT molecular complexity index is 1890. The summed E-state index contributed by atoms with van der Waals surface area (Å²) in [5.41, 5.74) is 8.14. The van der Waals surface area contributed by atoms with Crippen LogP contribution in [-0.4, -0.2) is 62.8 Å². The van der Waals surface area contributed by atoms with Crippen LogP contribution in [0.3, 0.4) is 0 Å². The zero-order chi connectivity index (χ0) is 29.2. The summed E-state index contributed by atoms with van der Waals surface area (Å²) in [5, 5.41) is 13.1. The average molecular weight is 576 g/mol. The lowest BCUT2D eigenvalue weighted by molar-refractivity contribution is 0.237. The predicted octanol–water partition coefficient (Wildman–Crippen LogP) is 6.56. The highest BCUT2D eigenvalue weighted by atomic mass is 19.1. The van der Waals surface area contributed by atoms with Crippen molar-refractivity contribution < 1.29 is 9.13 Å². The molecule has 43 heavy (non-hydrogen) atoms. The quantitative estimate of drug-likeness (QED) is 0.171. The number of ether oxygens (including phenoxy) is 1. The Balaban J connectivity index is 1.20. The molecule has 2 aromatic carbocycles. The molecule has 0 bridgehead atoms. The topological polar surface area (TPSA) is 94.8 Å². The number of rotatable bonds is 10. The third-order valence-electron chi connectivity index (χ3n) is 8.11. The molecule has 0 amide bonds. The molecule has 0 saturated carbocycles. The molecule has 1 fully saturated rings. The van der Waals surface area contributed by atoms with Gasteiger partial charge in [0.25, 0.3) is 0 Å². The minimum Gasteiger partial charge on any atom is -0.492 e. The number of hydrogen-bond acceptors (Lipinski definition) is 6. The van der Waals surface area contributed by atoms with Crippen molar-refractivity contribution in [2.45, 2.75) is 26.3 Å². The first-order valence-electron chi connectivity index (χ1n) is 14.9. The van der Waals surface area contributed by atoms with E-state index in [1.807, 2.05) is 36.7 Å². The first-order chi connectivity index (χ1) is 21.1. The maximum absolute atomic E-state index is 14.8. The van der Waals surface area contributed by atoms with E-state index in [0.717, 1.165) is 88.2 Å². The van der Waals surface area contributed by atoms with E-state index in [9.17, 15) is 4.39 Å². The van der Waals surface area contributed by atoms with E-state index in [0.29, 0.717) is 18.0 Å². The summed E-state index contributed by atoms with van der Waals surface area (Å²) in [5.74, 6) is 0.203. The van der Waals surface area contributed by atoms with Crippen LogP contribution in [-0.2, 0) is 6.54 Å². The van der Waals surface area contributed by atoms with E-state index in [1.54, 1.807) is 12.3 Å². The molecule has 4 aromatic heterocycles. The maximum atomic E-state index is 14.8. The summed E-state index contributed by atoms with van der Waals surface area (Å²) in [7, 11) is 0. The van der Waals surface area contributed by atoms with Gasteiger partial charge in [-0.25, -0.2) is 9.37 Å². The number of likely N-dealkylation sites (tertiary alicyclic amines) is 1. The Morgan fingerprint density at radius 2 is 1.86 bits per heavy atom. The molecule has 218 valence electrons. The number of pyridine rings is 2. The van der Waals surface area contributed by atoms with E-state index >= 15 is 0 Å². The number of benzene rings is 2. The van der Waals surface area contributed by atoms with Crippen LogP contribution in [0.1, 0.15) is 25.3 Å². The van der Waals surface area contributed by atoms with Crippen LogP contribution in [0, 0.1) is 5.82 Å². The molecule has 1 aliphatic rings. The largest absolute Gasteiger partial charge is 0.492 e. The van der Waals surface area contributed by atoms with E-state index < -0.39 is 0 Å². The van der Waals surface area contributed by atoms with Crippen LogP contribution in [0.25, 0.3) is 55.6 Å². The van der Waals surface area contributed by atoms with Gasteiger partial charge in [-0.15, -0.1) is 0 Å². The summed E-state index contributed by atoms with van der Waals surface area (Å²) in [6.07, 6.45) is 7.99. The van der Waals surface area contributed by atoms with Gasteiger partial charge in [0.2, 0.25) is 0 Å². The summed E-state index contributed by atoms with van der Waals surface area (Å²) in [4.78, 5) is 14.9. The number of H-pyrrole nitrogens is 2. The Morgan fingerprint density at radius 1 is 0.953 bits per heavy atom. The fourth-order valence-corrected chi connectivity index (χ4v) is 5.92. The van der Waals surface area contributed by atoms with Crippen LogP contribution in [0.15, 0.2) is 73.2 Å². The van der Waals surface area contributed by atoms with Crippen molar-refractivity contribution in [3.8, 4) is 39.4 Å². The second-order valence-corrected chi connectivity index (χ2v) is 11.1. The highest BCUT2D eigenvalue weighted by Crippen LogP contribution is 2.36. The Labute approximate surface area is 249 Å². The van der Waals surface area contributed by atoms with Crippen molar-refractivity contribution in [3.63, 3.8) is 0 Å². The zero-order valence-corrected chi connectivity index (χ0v) is 24.2. The molecule has 6 aromatic rings. The third kappa shape index (κ3) is 5.74. The van der Waals surface area contributed by atoms with E-state index in [1.165, 1.54) is 18.9 Å². The highest BCUT2D eigenvalue weighted by molar-refractivity contribution is 6.00. The van der Waals surface area contributed by atoms with Crippen molar-refractivity contribution in [2.75, 3.05) is 32.8 Å². The average Bonchev–Trinajstić information content (AvgIpc) is 3.79. The molecule has 5 heterocycles. The lowest BCUT2D eigenvalue weighted by Gasteiger charge is -2.15. The van der Waals surface area contributed by atoms with Crippen LogP contribution in [0.4, 0.5) is 4.39 Å². The minimum atomic E-state index is -0.329. The second-order valence-electron chi connectivity index (χ2n) is 11.1. The number of hydrogen-bond donors (Lipinski definition) is 3. The smallest absolute Gasteiger partial charge is 0.138 e.